The van der Waals surface area contributed by atoms with Gasteiger partial charge in [-0.3, -0.25) is 4.79 Å². The third-order valence-electron chi connectivity index (χ3n) is 3.50. The minimum absolute atomic E-state index is 0.264. The van der Waals surface area contributed by atoms with Gasteiger partial charge in [0.15, 0.2) is 5.78 Å². The highest BCUT2D eigenvalue weighted by atomic mass is 16.1. The Morgan fingerprint density at radius 2 is 2.00 bits per heavy atom. The molecule has 0 radical (unpaired) electrons. The van der Waals surface area contributed by atoms with Crippen LogP contribution in [0.1, 0.15) is 65.7 Å². The second-order valence-corrected chi connectivity index (χ2v) is 5.33. The molecule has 0 unspecified atom stereocenters. The van der Waals surface area contributed by atoms with E-state index in [0.29, 0.717) is 5.78 Å². The average molecular weight is 208 g/mol. The number of allylic oxidation sites excluding steroid dienone is 2. The monoisotopic (exact) mass is 208 g/mol. The second-order valence-electron chi connectivity index (χ2n) is 5.33. The van der Waals surface area contributed by atoms with E-state index in [2.05, 4.69) is 20.8 Å². The standard InChI is InChI=1S/C14H24O/c1-4-5-6-7-8-12-11-13(15)9-10-14(12,2)3/h11H,4-10H2,1-3H3. The van der Waals surface area contributed by atoms with Gasteiger partial charge in [0.25, 0.3) is 0 Å². The van der Waals surface area contributed by atoms with Gasteiger partial charge in [-0.1, -0.05) is 45.6 Å². The van der Waals surface area contributed by atoms with E-state index in [-0.39, 0.29) is 5.41 Å². The van der Waals surface area contributed by atoms with Crippen LogP contribution in [0, 0.1) is 5.41 Å². The highest BCUT2D eigenvalue weighted by molar-refractivity contribution is 5.91. The molecule has 0 heterocycles. The van der Waals surface area contributed by atoms with Crippen LogP contribution in [0.25, 0.3) is 0 Å². The van der Waals surface area contributed by atoms with Gasteiger partial charge in [0.2, 0.25) is 0 Å². The molecule has 0 amide bonds. The fourth-order valence-electron chi connectivity index (χ4n) is 2.21. The minimum Gasteiger partial charge on any atom is -0.295 e. The van der Waals surface area contributed by atoms with E-state index in [4.69, 9.17) is 0 Å². The van der Waals surface area contributed by atoms with Crippen molar-refractivity contribution in [3.63, 3.8) is 0 Å². The van der Waals surface area contributed by atoms with Crippen molar-refractivity contribution in [2.24, 2.45) is 5.41 Å². The first-order valence-electron chi connectivity index (χ1n) is 6.30. The van der Waals surface area contributed by atoms with Gasteiger partial charge < -0.3 is 0 Å². The maximum absolute atomic E-state index is 11.4. The van der Waals surface area contributed by atoms with Crippen LogP contribution in [-0.4, -0.2) is 5.78 Å². The van der Waals surface area contributed by atoms with Crippen LogP contribution in [0.15, 0.2) is 11.6 Å². The molecule has 0 aliphatic heterocycles. The Morgan fingerprint density at radius 3 is 2.67 bits per heavy atom. The van der Waals surface area contributed by atoms with E-state index in [1.54, 1.807) is 0 Å². The first-order valence-corrected chi connectivity index (χ1v) is 6.30. The Hall–Kier alpha value is -0.590. The van der Waals surface area contributed by atoms with Gasteiger partial charge in [0, 0.05) is 6.42 Å². The van der Waals surface area contributed by atoms with Crippen LogP contribution in [0.5, 0.6) is 0 Å². The third kappa shape index (κ3) is 3.81. The summed E-state index contributed by atoms with van der Waals surface area (Å²) < 4.78 is 0. The van der Waals surface area contributed by atoms with Gasteiger partial charge in [-0.2, -0.15) is 0 Å². The highest BCUT2D eigenvalue weighted by Gasteiger charge is 2.27. The Kier molecular flexibility index (Phi) is 4.56. The molecule has 1 aliphatic rings. The molecule has 1 heteroatoms. The zero-order chi connectivity index (χ0) is 11.3. The maximum atomic E-state index is 11.4. The van der Waals surface area contributed by atoms with Crippen molar-refractivity contribution in [3.05, 3.63) is 11.6 Å². The Balaban J connectivity index is 2.46. The van der Waals surface area contributed by atoms with Gasteiger partial charge in [0.05, 0.1) is 0 Å². The van der Waals surface area contributed by atoms with E-state index in [9.17, 15) is 4.79 Å². The summed E-state index contributed by atoms with van der Waals surface area (Å²) in [5.41, 5.74) is 1.65. The Bertz CT molecular complexity index is 248. The number of hydrogen-bond acceptors (Lipinski definition) is 1. The van der Waals surface area contributed by atoms with Crippen molar-refractivity contribution >= 4 is 5.78 Å². The summed E-state index contributed by atoms with van der Waals surface area (Å²) in [5.74, 6) is 0.333. The van der Waals surface area contributed by atoms with Crippen molar-refractivity contribution < 1.29 is 4.79 Å². The smallest absolute Gasteiger partial charge is 0.155 e. The summed E-state index contributed by atoms with van der Waals surface area (Å²) >= 11 is 0. The van der Waals surface area contributed by atoms with Crippen molar-refractivity contribution in [3.8, 4) is 0 Å². The van der Waals surface area contributed by atoms with E-state index in [1.807, 2.05) is 6.08 Å². The summed E-state index contributed by atoms with van der Waals surface area (Å²) in [6, 6.07) is 0. The molecule has 0 atom stereocenters. The molecule has 0 N–H and O–H groups in total. The molecule has 0 aromatic carbocycles. The van der Waals surface area contributed by atoms with E-state index < -0.39 is 0 Å². The SMILES string of the molecule is CCCCCCC1=CC(=O)CCC1(C)C. The number of unbranched alkanes of at least 4 members (excludes halogenated alkanes) is 3. The summed E-state index contributed by atoms with van der Waals surface area (Å²) in [4.78, 5) is 11.4. The Labute approximate surface area is 93.9 Å². The van der Waals surface area contributed by atoms with Gasteiger partial charge in [-0.15, -0.1) is 0 Å². The van der Waals surface area contributed by atoms with E-state index in [1.165, 1.54) is 31.3 Å². The van der Waals surface area contributed by atoms with Crippen LogP contribution in [0.3, 0.4) is 0 Å². The molecule has 0 spiro atoms. The molecule has 0 bridgehead atoms. The molecule has 0 aromatic rings. The first kappa shape index (κ1) is 12.5. The lowest BCUT2D eigenvalue weighted by Crippen LogP contribution is -2.22. The number of carbonyl (C=O) groups excluding carboxylic acids is 1. The zero-order valence-electron chi connectivity index (χ0n) is 10.4. The third-order valence-corrected chi connectivity index (χ3v) is 3.50. The van der Waals surface area contributed by atoms with Crippen molar-refractivity contribution in [2.75, 3.05) is 0 Å². The molecule has 1 nitrogen and oxygen atoms in total. The molecule has 0 saturated carbocycles. The topological polar surface area (TPSA) is 17.1 Å². The fraction of sp³-hybridized carbons (Fsp3) is 0.786. The first-order chi connectivity index (χ1) is 7.06. The fourth-order valence-corrected chi connectivity index (χ4v) is 2.21. The normalized spacial score (nSPS) is 20.2. The number of rotatable bonds is 5. The largest absolute Gasteiger partial charge is 0.295 e. The van der Waals surface area contributed by atoms with Crippen molar-refractivity contribution in [1.82, 2.24) is 0 Å². The molecule has 1 aliphatic carbocycles. The lowest BCUT2D eigenvalue weighted by atomic mass is 9.73. The lowest BCUT2D eigenvalue weighted by molar-refractivity contribution is -0.115. The number of carbonyl (C=O) groups is 1. The minimum atomic E-state index is 0.264. The summed E-state index contributed by atoms with van der Waals surface area (Å²) in [5, 5.41) is 0. The molecule has 0 saturated heterocycles. The summed E-state index contributed by atoms with van der Waals surface area (Å²) in [7, 11) is 0. The summed E-state index contributed by atoms with van der Waals surface area (Å²) in [6.45, 7) is 6.77. The number of hydrogen-bond donors (Lipinski definition) is 0. The second kappa shape index (κ2) is 5.48. The van der Waals surface area contributed by atoms with Gasteiger partial charge >= 0.3 is 0 Å². The molecule has 15 heavy (non-hydrogen) atoms. The van der Waals surface area contributed by atoms with Crippen LogP contribution >= 0.6 is 0 Å². The Morgan fingerprint density at radius 1 is 1.27 bits per heavy atom. The molecule has 0 fully saturated rings. The molecular formula is C14H24O. The molecule has 1 rings (SSSR count). The van der Waals surface area contributed by atoms with Crippen molar-refractivity contribution in [2.45, 2.75) is 65.7 Å². The molecule has 0 aromatic heterocycles. The predicted molar refractivity (Wildman–Crippen MR) is 64.9 cm³/mol. The number of ketones is 1. The van der Waals surface area contributed by atoms with Gasteiger partial charge in [-0.25, -0.2) is 0 Å². The quantitative estimate of drug-likeness (QED) is 0.616. The maximum Gasteiger partial charge on any atom is 0.155 e. The van der Waals surface area contributed by atoms with Crippen LogP contribution < -0.4 is 0 Å². The van der Waals surface area contributed by atoms with Gasteiger partial charge in [0.1, 0.15) is 0 Å². The lowest BCUT2D eigenvalue weighted by Gasteiger charge is -2.31. The van der Waals surface area contributed by atoms with Crippen LogP contribution in [0.2, 0.25) is 0 Å². The highest BCUT2D eigenvalue weighted by Crippen LogP contribution is 2.38. The van der Waals surface area contributed by atoms with Crippen LogP contribution in [0.4, 0.5) is 0 Å². The van der Waals surface area contributed by atoms with E-state index >= 15 is 0 Å². The molecule has 86 valence electrons. The van der Waals surface area contributed by atoms with Crippen LogP contribution in [-0.2, 0) is 4.79 Å². The zero-order valence-corrected chi connectivity index (χ0v) is 10.4. The van der Waals surface area contributed by atoms with E-state index in [0.717, 1.165) is 19.3 Å². The van der Waals surface area contributed by atoms with Gasteiger partial charge in [-0.05, 0) is 30.8 Å². The predicted octanol–water partition coefficient (Wildman–Crippen LogP) is 4.27. The molecular weight excluding hydrogens is 184 g/mol. The summed E-state index contributed by atoms with van der Waals surface area (Å²) in [6.07, 6.45) is 9.96. The van der Waals surface area contributed by atoms with Crippen molar-refractivity contribution in [1.29, 1.82) is 0 Å². The average Bonchev–Trinajstić information content (AvgIpc) is 2.18.